The molecule has 0 unspecified atom stereocenters. The van der Waals surface area contributed by atoms with Gasteiger partial charge < -0.3 is 14.6 Å². The number of hydrogen-bond donors (Lipinski definition) is 1. The Bertz CT molecular complexity index is 979. The van der Waals surface area contributed by atoms with E-state index in [1.54, 1.807) is 23.3 Å². The molecule has 8 heteroatoms. The maximum atomic E-state index is 13.0. The number of nitrogens with one attached hydrogen (secondary N) is 1. The summed E-state index contributed by atoms with van der Waals surface area (Å²) in [6, 6.07) is 3.59. The highest BCUT2D eigenvalue weighted by atomic mass is 32.1. The van der Waals surface area contributed by atoms with Gasteiger partial charge in [-0.05, 0) is 45.4 Å². The van der Waals surface area contributed by atoms with Crippen molar-refractivity contribution in [1.82, 2.24) is 20.2 Å². The molecule has 0 aliphatic heterocycles. The van der Waals surface area contributed by atoms with Gasteiger partial charge in [0, 0.05) is 18.5 Å². The Morgan fingerprint density at radius 2 is 2.04 bits per heavy atom. The number of rotatable bonds is 6. The SMILES string of the molecule is CCNC(=O)CN(CC)C(=O)c1sc2nc(-c3ccco3)nc(C)c2c1C. The predicted octanol–water partition coefficient (Wildman–Crippen LogP) is 3.17. The van der Waals surface area contributed by atoms with Crippen LogP contribution in [0, 0.1) is 13.8 Å². The zero-order chi connectivity index (χ0) is 19.6. The van der Waals surface area contributed by atoms with Crippen LogP contribution in [-0.4, -0.2) is 46.3 Å². The number of hydrogen-bond acceptors (Lipinski definition) is 6. The number of fused-ring (bicyclic) bond motifs is 1. The zero-order valence-electron chi connectivity index (χ0n) is 15.8. The van der Waals surface area contributed by atoms with Crippen molar-refractivity contribution in [3.05, 3.63) is 34.5 Å². The first kappa shape index (κ1) is 19.0. The fraction of sp³-hybridized carbons (Fsp3) is 0.368. The van der Waals surface area contributed by atoms with E-state index < -0.39 is 0 Å². The van der Waals surface area contributed by atoms with Crippen LogP contribution in [-0.2, 0) is 4.79 Å². The van der Waals surface area contributed by atoms with E-state index >= 15 is 0 Å². The third kappa shape index (κ3) is 3.71. The minimum absolute atomic E-state index is 0.0408. The lowest BCUT2D eigenvalue weighted by molar-refractivity contribution is -0.121. The van der Waals surface area contributed by atoms with Gasteiger partial charge in [0.25, 0.3) is 5.91 Å². The zero-order valence-corrected chi connectivity index (χ0v) is 16.6. The summed E-state index contributed by atoms with van der Waals surface area (Å²) in [4.78, 5) is 36.9. The average molecular weight is 386 g/mol. The number of carbonyl (C=O) groups excluding carboxylic acids is 2. The van der Waals surface area contributed by atoms with E-state index in [0.717, 1.165) is 21.5 Å². The van der Waals surface area contributed by atoms with Crippen LogP contribution in [0.5, 0.6) is 0 Å². The van der Waals surface area contributed by atoms with Crippen molar-refractivity contribution in [2.45, 2.75) is 27.7 Å². The molecule has 0 aliphatic rings. The highest BCUT2D eigenvalue weighted by Gasteiger charge is 2.24. The fourth-order valence-electron chi connectivity index (χ4n) is 2.96. The standard InChI is InChI=1S/C19H22N4O3S/c1-5-20-14(24)10-23(6-2)19(25)16-11(3)15-12(4)21-17(22-18(15)27-16)13-8-7-9-26-13/h7-9H,5-6,10H2,1-4H3,(H,20,24). The Kier molecular flexibility index (Phi) is 5.55. The largest absolute Gasteiger partial charge is 0.461 e. The molecule has 0 aliphatic carbocycles. The molecular formula is C19H22N4O3S. The van der Waals surface area contributed by atoms with Gasteiger partial charge in [0.15, 0.2) is 11.6 Å². The summed E-state index contributed by atoms with van der Waals surface area (Å²) in [6.07, 6.45) is 1.58. The lowest BCUT2D eigenvalue weighted by atomic mass is 10.1. The minimum Gasteiger partial charge on any atom is -0.461 e. The van der Waals surface area contributed by atoms with Crippen molar-refractivity contribution in [3.8, 4) is 11.6 Å². The van der Waals surface area contributed by atoms with Gasteiger partial charge in [0.2, 0.25) is 5.91 Å². The van der Waals surface area contributed by atoms with Crippen molar-refractivity contribution in [2.24, 2.45) is 0 Å². The highest BCUT2D eigenvalue weighted by molar-refractivity contribution is 7.20. The molecule has 0 bridgehead atoms. The molecule has 1 N–H and O–H groups in total. The molecule has 3 aromatic rings. The van der Waals surface area contributed by atoms with Crippen LogP contribution in [0.25, 0.3) is 21.8 Å². The van der Waals surface area contributed by atoms with Crippen LogP contribution in [0.1, 0.15) is 34.8 Å². The molecule has 7 nitrogen and oxygen atoms in total. The fourth-order valence-corrected chi connectivity index (χ4v) is 4.16. The summed E-state index contributed by atoms with van der Waals surface area (Å²) in [5.41, 5.74) is 1.64. The first-order chi connectivity index (χ1) is 13.0. The molecule has 0 atom stereocenters. The Balaban J connectivity index is 1.99. The van der Waals surface area contributed by atoms with Gasteiger partial charge in [-0.25, -0.2) is 9.97 Å². The Hall–Kier alpha value is -2.74. The molecular weight excluding hydrogens is 364 g/mol. The number of thiophene rings is 1. The summed E-state index contributed by atoms with van der Waals surface area (Å²) in [7, 11) is 0. The average Bonchev–Trinajstić information content (AvgIpc) is 3.28. The van der Waals surface area contributed by atoms with Gasteiger partial charge >= 0.3 is 0 Å². The van der Waals surface area contributed by atoms with Crippen molar-refractivity contribution in [2.75, 3.05) is 19.6 Å². The molecule has 0 spiro atoms. The molecule has 3 heterocycles. The van der Waals surface area contributed by atoms with E-state index in [4.69, 9.17) is 4.42 Å². The second-order valence-electron chi connectivity index (χ2n) is 6.12. The second kappa shape index (κ2) is 7.87. The summed E-state index contributed by atoms with van der Waals surface area (Å²) in [5, 5.41) is 3.61. The van der Waals surface area contributed by atoms with Crippen LogP contribution < -0.4 is 5.32 Å². The maximum absolute atomic E-state index is 13.0. The number of furan rings is 1. The first-order valence-corrected chi connectivity index (χ1v) is 9.65. The summed E-state index contributed by atoms with van der Waals surface area (Å²) in [5.74, 6) is 0.760. The quantitative estimate of drug-likeness (QED) is 0.703. The molecule has 0 fully saturated rings. The van der Waals surface area contributed by atoms with Gasteiger partial charge in [-0.1, -0.05) is 0 Å². The van der Waals surface area contributed by atoms with Crippen LogP contribution in [0.2, 0.25) is 0 Å². The molecule has 0 radical (unpaired) electrons. The summed E-state index contributed by atoms with van der Waals surface area (Å²) < 4.78 is 5.39. The monoisotopic (exact) mass is 386 g/mol. The van der Waals surface area contributed by atoms with Crippen LogP contribution in [0.15, 0.2) is 22.8 Å². The van der Waals surface area contributed by atoms with Crippen molar-refractivity contribution >= 4 is 33.4 Å². The summed E-state index contributed by atoms with van der Waals surface area (Å²) in [6.45, 7) is 8.54. The van der Waals surface area contributed by atoms with E-state index in [1.165, 1.54) is 11.3 Å². The Labute approximate surface area is 161 Å². The molecule has 3 aromatic heterocycles. The lowest BCUT2D eigenvalue weighted by Gasteiger charge is -2.19. The number of likely N-dealkylation sites (N-methyl/N-ethyl adjacent to an activating group) is 2. The number of aryl methyl sites for hydroxylation is 2. The topological polar surface area (TPSA) is 88.3 Å². The van der Waals surface area contributed by atoms with Gasteiger partial charge in [-0.3, -0.25) is 9.59 Å². The van der Waals surface area contributed by atoms with Gasteiger partial charge in [-0.15, -0.1) is 11.3 Å². The molecule has 142 valence electrons. The van der Waals surface area contributed by atoms with E-state index in [2.05, 4.69) is 15.3 Å². The maximum Gasteiger partial charge on any atom is 0.264 e. The first-order valence-electron chi connectivity index (χ1n) is 8.83. The number of carbonyl (C=O) groups is 2. The number of nitrogens with zero attached hydrogens (tertiary/aromatic N) is 3. The molecule has 0 aromatic carbocycles. The Morgan fingerprint density at radius 1 is 1.26 bits per heavy atom. The van der Waals surface area contributed by atoms with Gasteiger partial charge in [0.05, 0.1) is 23.4 Å². The highest BCUT2D eigenvalue weighted by Crippen LogP contribution is 2.33. The smallest absolute Gasteiger partial charge is 0.264 e. The Morgan fingerprint density at radius 3 is 2.67 bits per heavy atom. The normalized spacial score (nSPS) is 11.0. The molecule has 0 saturated carbocycles. The van der Waals surface area contributed by atoms with E-state index in [1.807, 2.05) is 27.7 Å². The van der Waals surface area contributed by atoms with Crippen molar-refractivity contribution in [1.29, 1.82) is 0 Å². The molecule has 27 heavy (non-hydrogen) atoms. The van der Waals surface area contributed by atoms with E-state index in [0.29, 0.717) is 29.6 Å². The third-order valence-corrected chi connectivity index (χ3v) is 5.46. The second-order valence-corrected chi connectivity index (χ2v) is 7.12. The number of aromatic nitrogens is 2. The minimum atomic E-state index is -0.164. The number of amides is 2. The van der Waals surface area contributed by atoms with E-state index in [9.17, 15) is 9.59 Å². The van der Waals surface area contributed by atoms with Gasteiger partial charge in [-0.2, -0.15) is 0 Å². The predicted molar refractivity (Wildman–Crippen MR) is 105 cm³/mol. The van der Waals surface area contributed by atoms with Crippen LogP contribution in [0.3, 0.4) is 0 Å². The van der Waals surface area contributed by atoms with Crippen molar-refractivity contribution in [3.63, 3.8) is 0 Å². The van der Waals surface area contributed by atoms with Gasteiger partial charge in [0.1, 0.15) is 4.83 Å². The molecule has 2 amide bonds. The van der Waals surface area contributed by atoms with Crippen LogP contribution in [0.4, 0.5) is 0 Å². The molecule has 0 saturated heterocycles. The van der Waals surface area contributed by atoms with Crippen LogP contribution >= 0.6 is 11.3 Å². The molecule has 3 rings (SSSR count). The summed E-state index contributed by atoms with van der Waals surface area (Å²) >= 11 is 1.33. The van der Waals surface area contributed by atoms with E-state index in [-0.39, 0.29) is 18.4 Å². The lowest BCUT2D eigenvalue weighted by Crippen LogP contribution is -2.40. The third-order valence-electron chi connectivity index (χ3n) is 4.28. The van der Waals surface area contributed by atoms with Crippen molar-refractivity contribution < 1.29 is 14.0 Å².